The van der Waals surface area contributed by atoms with Crippen molar-refractivity contribution in [2.45, 2.75) is 43.8 Å². The molecule has 0 unspecified atom stereocenters. The van der Waals surface area contributed by atoms with Crippen molar-refractivity contribution < 1.29 is 4.79 Å². The van der Waals surface area contributed by atoms with Crippen LogP contribution in [0.2, 0.25) is 0 Å². The molecule has 1 atom stereocenters. The molecule has 0 radical (unpaired) electrons. The lowest BCUT2D eigenvalue weighted by Gasteiger charge is -2.20. The van der Waals surface area contributed by atoms with E-state index in [9.17, 15) is 4.79 Å². The molecular weight excluding hydrogens is 306 g/mol. The third-order valence-corrected chi connectivity index (χ3v) is 5.42. The summed E-state index contributed by atoms with van der Waals surface area (Å²) in [7, 11) is 1.93. The number of imidazole rings is 1. The lowest BCUT2D eigenvalue weighted by molar-refractivity contribution is -0.119. The Balaban J connectivity index is 1.57. The van der Waals surface area contributed by atoms with E-state index >= 15 is 0 Å². The summed E-state index contributed by atoms with van der Waals surface area (Å²) < 4.78 is 1.92. The van der Waals surface area contributed by atoms with Crippen molar-refractivity contribution in [3.05, 3.63) is 47.3 Å². The number of benzene rings is 1. The van der Waals surface area contributed by atoms with Gasteiger partial charge in [-0.2, -0.15) is 0 Å². The number of hydrogen-bond donors (Lipinski definition) is 1. The Kier molecular flexibility index (Phi) is 5.06. The Hall–Kier alpha value is -1.75. The largest absolute Gasteiger partial charge is 0.349 e. The van der Waals surface area contributed by atoms with E-state index in [1.807, 2.05) is 24.7 Å². The van der Waals surface area contributed by atoms with Crippen LogP contribution in [0.1, 0.15) is 42.5 Å². The highest BCUT2D eigenvalue weighted by Gasteiger charge is 2.14. The van der Waals surface area contributed by atoms with Crippen molar-refractivity contribution in [1.82, 2.24) is 14.9 Å². The van der Waals surface area contributed by atoms with E-state index < -0.39 is 0 Å². The number of hydrogen-bond acceptors (Lipinski definition) is 3. The van der Waals surface area contributed by atoms with Crippen LogP contribution in [0.5, 0.6) is 0 Å². The molecule has 0 saturated heterocycles. The Bertz CT molecular complexity index is 695. The average Bonchev–Trinajstić information content (AvgIpc) is 2.97. The van der Waals surface area contributed by atoms with Crippen molar-refractivity contribution in [3.8, 4) is 0 Å². The predicted octanol–water partition coefficient (Wildman–Crippen LogP) is 3.27. The Labute approximate surface area is 141 Å². The van der Waals surface area contributed by atoms with Gasteiger partial charge in [-0.3, -0.25) is 4.79 Å². The van der Waals surface area contributed by atoms with Crippen LogP contribution in [-0.4, -0.2) is 21.2 Å². The van der Waals surface area contributed by atoms with Gasteiger partial charge in [0.25, 0.3) is 0 Å². The molecule has 1 aliphatic rings. The van der Waals surface area contributed by atoms with Gasteiger partial charge in [0, 0.05) is 19.4 Å². The number of fused-ring (bicyclic) bond motifs is 1. The van der Waals surface area contributed by atoms with Crippen molar-refractivity contribution >= 4 is 17.7 Å². The topological polar surface area (TPSA) is 46.9 Å². The Morgan fingerprint density at radius 2 is 2.13 bits per heavy atom. The van der Waals surface area contributed by atoms with Crippen molar-refractivity contribution in [2.24, 2.45) is 7.05 Å². The summed E-state index contributed by atoms with van der Waals surface area (Å²) in [6, 6.07) is 6.69. The molecule has 1 aromatic carbocycles. The fourth-order valence-electron chi connectivity index (χ4n) is 3.01. The quantitative estimate of drug-likeness (QED) is 0.857. The number of thioether (sulfide) groups is 1. The van der Waals surface area contributed by atoms with Crippen LogP contribution in [0.4, 0.5) is 0 Å². The predicted molar refractivity (Wildman–Crippen MR) is 93.6 cm³/mol. The number of carbonyl (C=O) groups excluding carboxylic acids is 1. The van der Waals surface area contributed by atoms with E-state index in [0.717, 1.165) is 5.16 Å². The zero-order valence-corrected chi connectivity index (χ0v) is 14.5. The minimum absolute atomic E-state index is 0.0386. The van der Waals surface area contributed by atoms with Crippen LogP contribution in [0.3, 0.4) is 0 Å². The summed E-state index contributed by atoms with van der Waals surface area (Å²) in [5, 5.41) is 3.95. The number of carbonyl (C=O) groups is 1. The summed E-state index contributed by atoms with van der Waals surface area (Å²) in [5.74, 6) is 0.434. The zero-order valence-electron chi connectivity index (χ0n) is 13.7. The first-order valence-corrected chi connectivity index (χ1v) is 9.13. The van der Waals surface area contributed by atoms with Gasteiger partial charge in [-0.05, 0) is 49.3 Å². The SMILES string of the molecule is C[C@@H](NC(=O)CSc1nccn1C)c1ccc2c(c1)CCCC2. The van der Waals surface area contributed by atoms with Gasteiger partial charge in [0.2, 0.25) is 5.91 Å². The van der Waals surface area contributed by atoms with Gasteiger partial charge in [-0.15, -0.1) is 0 Å². The second-order valence-corrected chi connectivity index (χ2v) is 7.08. The molecule has 3 rings (SSSR count). The van der Waals surface area contributed by atoms with Gasteiger partial charge >= 0.3 is 0 Å². The fraction of sp³-hybridized carbons (Fsp3) is 0.444. The standard InChI is InChI=1S/C18H23N3OS/c1-13(15-8-7-14-5-3-4-6-16(14)11-15)20-17(22)12-23-18-19-9-10-21(18)2/h7-11,13H,3-6,12H2,1-2H3,(H,20,22)/t13-/m1/s1. The highest BCUT2D eigenvalue weighted by atomic mass is 32.2. The van der Waals surface area contributed by atoms with Crippen LogP contribution in [0.15, 0.2) is 35.7 Å². The molecule has 1 N–H and O–H groups in total. The lowest BCUT2D eigenvalue weighted by Crippen LogP contribution is -2.28. The van der Waals surface area contributed by atoms with Crippen molar-refractivity contribution in [2.75, 3.05) is 5.75 Å². The van der Waals surface area contributed by atoms with Gasteiger partial charge in [0.1, 0.15) is 0 Å². The Morgan fingerprint density at radius 3 is 2.87 bits per heavy atom. The molecule has 1 amide bonds. The zero-order chi connectivity index (χ0) is 16.2. The number of aryl methyl sites for hydroxylation is 3. The molecule has 0 bridgehead atoms. The maximum absolute atomic E-state index is 12.2. The molecule has 0 saturated carbocycles. The Morgan fingerprint density at radius 1 is 1.35 bits per heavy atom. The number of amides is 1. The normalized spacial score (nSPS) is 15.0. The van der Waals surface area contributed by atoms with E-state index in [0.29, 0.717) is 5.75 Å². The minimum atomic E-state index is 0.0386. The molecule has 1 aromatic heterocycles. The molecule has 0 aliphatic heterocycles. The second-order valence-electron chi connectivity index (χ2n) is 6.13. The third kappa shape index (κ3) is 3.96. The van der Waals surface area contributed by atoms with Crippen molar-refractivity contribution in [1.29, 1.82) is 0 Å². The molecular formula is C18H23N3OS. The first-order valence-electron chi connectivity index (χ1n) is 8.14. The number of nitrogens with one attached hydrogen (secondary N) is 1. The molecule has 0 spiro atoms. The van der Waals surface area contributed by atoms with Crippen LogP contribution in [-0.2, 0) is 24.7 Å². The lowest BCUT2D eigenvalue weighted by atomic mass is 9.89. The summed E-state index contributed by atoms with van der Waals surface area (Å²) in [4.78, 5) is 16.4. The number of aromatic nitrogens is 2. The number of rotatable bonds is 5. The third-order valence-electron chi connectivity index (χ3n) is 4.36. The molecule has 1 heterocycles. The van der Waals surface area contributed by atoms with Gasteiger partial charge in [-0.25, -0.2) is 4.98 Å². The van der Waals surface area contributed by atoms with E-state index in [2.05, 4.69) is 28.5 Å². The summed E-state index contributed by atoms with van der Waals surface area (Å²) in [6.07, 6.45) is 8.56. The summed E-state index contributed by atoms with van der Waals surface area (Å²) >= 11 is 1.46. The monoisotopic (exact) mass is 329 g/mol. The molecule has 23 heavy (non-hydrogen) atoms. The molecule has 4 nitrogen and oxygen atoms in total. The van der Waals surface area contributed by atoms with E-state index in [-0.39, 0.29) is 11.9 Å². The van der Waals surface area contributed by atoms with Crippen LogP contribution < -0.4 is 5.32 Å². The fourth-order valence-corrected chi connectivity index (χ4v) is 3.75. The van der Waals surface area contributed by atoms with Crippen LogP contribution >= 0.6 is 11.8 Å². The minimum Gasteiger partial charge on any atom is -0.349 e. The molecule has 122 valence electrons. The highest BCUT2D eigenvalue weighted by Crippen LogP contribution is 2.25. The van der Waals surface area contributed by atoms with E-state index in [1.165, 1.54) is 54.1 Å². The second kappa shape index (κ2) is 7.21. The highest BCUT2D eigenvalue weighted by molar-refractivity contribution is 7.99. The first kappa shape index (κ1) is 16.1. The molecule has 1 aliphatic carbocycles. The molecule has 5 heteroatoms. The van der Waals surface area contributed by atoms with Gasteiger partial charge in [-0.1, -0.05) is 30.0 Å². The van der Waals surface area contributed by atoms with Gasteiger partial charge < -0.3 is 9.88 Å². The van der Waals surface area contributed by atoms with Crippen LogP contribution in [0.25, 0.3) is 0 Å². The van der Waals surface area contributed by atoms with Gasteiger partial charge in [0.15, 0.2) is 5.16 Å². The summed E-state index contributed by atoms with van der Waals surface area (Å²) in [5.41, 5.74) is 4.13. The average molecular weight is 329 g/mol. The van der Waals surface area contributed by atoms with Crippen molar-refractivity contribution in [3.63, 3.8) is 0 Å². The maximum Gasteiger partial charge on any atom is 0.230 e. The smallest absolute Gasteiger partial charge is 0.230 e. The number of nitrogens with zero attached hydrogens (tertiary/aromatic N) is 2. The van der Waals surface area contributed by atoms with E-state index in [1.54, 1.807) is 6.20 Å². The first-order chi connectivity index (χ1) is 11.1. The molecule has 0 fully saturated rings. The molecule has 2 aromatic rings. The van der Waals surface area contributed by atoms with Crippen LogP contribution in [0, 0.1) is 0 Å². The summed E-state index contributed by atoms with van der Waals surface area (Å²) in [6.45, 7) is 2.05. The van der Waals surface area contributed by atoms with E-state index in [4.69, 9.17) is 0 Å². The van der Waals surface area contributed by atoms with Gasteiger partial charge in [0.05, 0.1) is 11.8 Å². The maximum atomic E-state index is 12.2.